The van der Waals surface area contributed by atoms with Crippen LogP contribution in [0.2, 0.25) is 0 Å². The summed E-state index contributed by atoms with van der Waals surface area (Å²) in [5, 5.41) is 0. The molecule has 9 heteroatoms. The first-order valence-corrected chi connectivity index (χ1v) is 5.70. The molecule has 19 heavy (non-hydrogen) atoms. The zero-order chi connectivity index (χ0) is 14.8. The summed E-state index contributed by atoms with van der Waals surface area (Å²) in [5.41, 5.74) is -3.37. The Labute approximate surface area is 112 Å². The third kappa shape index (κ3) is 3.62. The Morgan fingerprint density at radius 3 is 2.47 bits per heavy atom. The maximum atomic E-state index is 12.6. The van der Waals surface area contributed by atoms with Crippen LogP contribution in [-0.4, -0.2) is 17.6 Å². The summed E-state index contributed by atoms with van der Waals surface area (Å²) >= 11 is 2.64. The highest BCUT2D eigenvalue weighted by molar-refractivity contribution is 9.10. The summed E-state index contributed by atoms with van der Waals surface area (Å²) < 4.78 is 66.8. The fourth-order valence-electron chi connectivity index (χ4n) is 1.20. The van der Waals surface area contributed by atoms with Gasteiger partial charge >= 0.3 is 12.1 Å². The normalized spacial score (nSPS) is 11.8. The maximum absolute atomic E-state index is 12.6. The van der Waals surface area contributed by atoms with Gasteiger partial charge in [0.1, 0.15) is 11.4 Å². The summed E-state index contributed by atoms with van der Waals surface area (Å²) in [7, 11) is 0. The van der Waals surface area contributed by atoms with Gasteiger partial charge in [0.25, 0.3) is 6.43 Å². The number of aromatic nitrogens is 1. The van der Waals surface area contributed by atoms with Crippen LogP contribution in [-0.2, 0) is 10.9 Å². The monoisotopic (exact) mass is 347 g/mol. The Balaban J connectivity index is 3.45. The molecule has 0 aliphatic carbocycles. The predicted octanol–water partition coefficient (Wildman–Crippen LogP) is 3.98. The van der Waals surface area contributed by atoms with Crippen LogP contribution in [0.3, 0.4) is 0 Å². The van der Waals surface area contributed by atoms with Gasteiger partial charge < -0.3 is 4.74 Å². The lowest BCUT2D eigenvalue weighted by molar-refractivity contribution is -0.141. The van der Waals surface area contributed by atoms with Crippen molar-refractivity contribution in [3.63, 3.8) is 0 Å². The minimum absolute atomic E-state index is 0.0983. The number of ether oxygens (including phenoxy) is 1. The van der Waals surface area contributed by atoms with Crippen LogP contribution < -0.4 is 0 Å². The predicted molar refractivity (Wildman–Crippen MR) is 57.9 cm³/mol. The number of esters is 1. The Kier molecular flexibility index (Phi) is 4.83. The van der Waals surface area contributed by atoms with Crippen LogP contribution in [0.15, 0.2) is 10.5 Å². The molecule has 3 nitrogen and oxygen atoms in total. The number of carbonyl (C=O) groups excluding carboxylic acids is 1. The highest BCUT2D eigenvalue weighted by Crippen LogP contribution is 2.35. The maximum Gasteiger partial charge on any atom is 0.433 e. The van der Waals surface area contributed by atoms with Crippen LogP contribution in [0.1, 0.15) is 35.1 Å². The molecule has 1 heterocycles. The third-order valence-corrected chi connectivity index (χ3v) is 2.81. The number of rotatable bonds is 3. The van der Waals surface area contributed by atoms with Crippen LogP contribution in [0.4, 0.5) is 22.0 Å². The number of halogens is 6. The van der Waals surface area contributed by atoms with Crippen molar-refractivity contribution in [3.05, 3.63) is 27.5 Å². The van der Waals surface area contributed by atoms with Gasteiger partial charge in [0.15, 0.2) is 0 Å². The number of alkyl halides is 5. The molecule has 0 saturated carbocycles. The lowest BCUT2D eigenvalue weighted by Crippen LogP contribution is -2.15. The van der Waals surface area contributed by atoms with E-state index in [1.54, 1.807) is 0 Å². The molecule has 0 fully saturated rings. The molecule has 0 spiro atoms. The molecule has 0 radical (unpaired) electrons. The number of carbonyl (C=O) groups is 1. The molecule has 1 rings (SSSR count). The lowest BCUT2D eigenvalue weighted by Gasteiger charge is -2.13. The zero-order valence-corrected chi connectivity index (χ0v) is 11.0. The standard InChI is InChI=1S/C10H7BrF5NO2/c1-2-19-9(18)4-3-5(10(14,15)16)17-7(6(4)11)8(12)13/h3,8H,2H2,1H3. The van der Waals surface area contributed by atoms with E-state index in [0.29, 0.717) is 6.07 Å². The van der Waals surface area contributed by atoms with Gasteiger partial charge in [-0.3, -0.25) is 0 Å². The highest BCUT2D eigenvalue weighted by atomic mass is 79.9. The van der Waals surface area contributed by atoms with Gasteiger partial charge in [-0.2, -0.15) is 13.2 Å². The van der Waals surface area contributed by atoms with Gasteiger partial charge in [0, 0.05) is 0 Å². The summed E-state index contributed by atoms with van der Waals surface area (Å²) in [4.78, 5) is 14.2. The highest BCUT2D eigenvalue weighted by Gasteiger charge is 2.36. The lowest BCUT2D eigenvalue weighted by atomic mass is 10.2. The van der Waals surface area contributed by atoms with Gasteiger partial charge in [-0.1, -0.05) is 0 Å². The molecule has 0 aliphatic rings. The van der Waals surface area contributed by atoms with Crippen molar-refractivity contribution in [2.45, 2.75) is 19.5 Å². The van der Waals surface area contributed by atoms with Crippen LogP contribution >= 0.6 is 15.9 Å². The van der Waals surface area contributed by atoms with E-state index in [9.17, 15) is 26.7 Å². The van der Waals surface area contributed by atoms with E-state index in [2.05, 4.69) is 25.7 Å². The third-order valence-electron chi connectivity index (χ3n) is 1.98. The van der Waals surface area contributed by atoms with E-state index >= 15 is 0 Å². The molecular weight excluding hydrogens is 341 g/mol. The second-order valence-corrected chi connectivity index (χ2v) is 4.07. The molecule has 0 amide bonds. The molecule has 0 unspecified atom stereocenters. The Bertz CT molecular complexity index is 490. The van der Waals surface area contributed by atoms with Crippen LogP contribution in [0.25, 0.3) is 0 Å². The van der Waals surface area contributed by atoms with Crippen molar-refractivity contribution in [1.82, 2.24) is 4.98 Å². The van der Waals surface area contributed by atoms with E-state index in [1.807, 2.05) is 0 Å². The smallest absolute Gasteiger partial charge is 0.433 e. The first-order valence-electron chi connectivity index (χ1n) is 4.91. The number of hydrogen-bond donors (Lipinski definition) is 0. The summed E-state index contributed by atoms with van der Waals surface area (Å²) in [6, 6.07) is 0.369. The average molecular weight is 348 g/mol. The van der Waals surface area contributed by atoms with Gasteiger partial charge in [-0.25, -0.2) is 18.6 Å². The molecule has 106 valence electrons. The topological polar surface area (TPSA) is 39.2 Å². The van der Waals surface area contributed by atoms with Gasteiger partial charge in [0.2, 0.25) is 0 Å². The second-order valence-electron chi connectivity index (χ2n) is 3.27. The SMILES string of the molecule is CCOC(=O)c1cc(C(F)(F)F)nc(C(F)F)c1Br. The molecule has 1 aromatic heterocycles. The van der Waals surface area contributed by atoms with Crippen molar-refractivity contribution < 1.29 is 31.5 Å². The minimum Gasteiger partial charge on any atom is -0.462 e. The largest absolute Gasteiger partial charge is 0.462 e. The zero-order valence-electron chi connectivity index (χ0n) is 9.39. The number of nitrogens with zero attached hydrogens (tertiary/aromatic N) is 1. The number of hydrogen-bond acceptors (Lipinski definition) is 3. The van der Waals surface area contributed by atoms with Crippen molar-refractivity contribution >= 4 is 21.9 Å². The summed E-state index contributed by atoms with van der Waals surface area (Å²) in [5.74, 6) is -1.14. The average Bonchev–Trinajstić information content (AvgIpc) is 2.27. The molecule has 0 atom stereocenters. The Morgan fingerprint density at radius 2 is 2.05 bits per heavy atom. The second kappa shape index (κ2) is 5.81. The van der Waals surface area contributed by atoms with Crippen LogP contribution in [0.5, 0.6) is 0 Å². The molecule has 0 bridgehead atoms. The molecule has 0 saturated heterocycles. The summed E-state index contributed by atoms with van der Waals surface area (Å²) in [6.07, 6.45) is -8.20. The molecule has 0 aromatic carbocycles. The first kappa shape index (κ1) is 15.8. The fraction of sp³-hybridized carbons (Fsp3) is 0.400. The van der Waals surface area contributed by atoms with Crippen molar-refractivity contribution in [2.75, 3.05) is 6.61 Å². The van der Waals surface area contributed by atoms with Gasteiger partial charge in [-0.05, 0) is 28.9 Å². The summed E-state index contributed by atoms with van der Waals surface area (Å²) in [6.45, 7) is 1.34. The van der Waals surface area contributed by atoms with E-state index in [4.69, 9.17) is 0 Å². The number of pyridine rings is 1. The van der Waals surface area contributed by atoms with E-state index in [0.717, 1.165) is 0 Å². The van der Waals surface area contributed by atoms with Gasteiger partial charge in [0.05, 0.1) is 16.6 Å². The van der Waals surface area contributed by atoms with E-state index in [-0.39, 0.29) is 6.61 Å². The minimum atomic E-state index is -4.94. The van der Waals surface area contributed by atoms with Crippen molar-refractivity contribution in [2.24, 2.45) is 0 Å². The van der Waals surface area contributed by atoms with E-state index < -0.39 is 40.0 Å². The first-order chi connectivity index (χ1) is 8.68. The van der Waals surface area contributed by atoms with Crippen molar-refractivity contribution in [3.8, 4) is 0 Å². The molecule has 0 aliphatic heterocycles. The Hall–Kier alpha value is -1.25. The molecule has 1 aromatic rings. The molecular formula is C10H7BrF5NO2. The van der Waals surface area contributed by atoms with Crippen molar-refractivity contribution in [1.29, 1.82) is 0 Å². The van der Waals surface area contributed by atoms with Gasteiger partial charge in [-0.15, -0.1) is 0 Å². The fourth-order valence-corrected chi connectivity index (χ4v) is 1.73. The quantitative estimate of drug-likeness (QED) is 0.613. The van der Waals surface area contributed by atoms with E-state index in [1.165, 1.54) is 6.92 Å². The Morgan fingerprint density at radius 1 is 1.47 bits per heavy atom. The molecule has 0 N–H and O–H groups in total. The van der Waals surface area contributed by atoms with Crippen LogP contribution in [0, 0.1) is 0 Å².